The molecule has 0 spiro atoms. The van der Waals surface area contributed by atoms with E-state index in [1.54, 1.807) is 17.3 Å². The lowest BCUT2D eigenvalue weighted by Crippen LogP contribution is -2.46. The Labute approximate surface area is 158 Å². The number of rotatable bonds is 6. The molecular formula is C19H24N4O4. The monoisotopic (exact) mass is 372 g/mol. The Kier molecular flexibility index (Phi) is 6.30. The third-order valence-corrected chi connectivity index (χ3v) is 4.20. The van der Waals surface area contributed by atoms with Crippen LogP contribution in [-0.2, 0) is 0 Å². The third-order valence-electron chi connectivity index (χ3n) is 4.20. The van der Waals surface area contributed by atoms with Gasteiger partial charge in [0.25, 0.3) is 11.8 Å². The molecule has 1 aromatic carbocycles. The van der Waals surface area contributed by atoms with E-state index < -0.39 is 0 Å². The highest BCUT2D eigenvalue weighted by atomic mass is 16.5. The zero-order valence-corrected chi connectivity index (χ0v) is 15.6. The van der Waals surface area contributed by atoms with Crippen LogP contribution in [0.5, 0.6) is 17.5 Å². The van der Waals surface area contributed by atoms with Gasteiger partial charge in [-0.15, -0.1) is 0 Å². The minimum atomic E-state index is -0.179. The number of carbonyl (C=O) groups is 1. The zero-order valence-electron chi connectivity index (χ0n) is 15.6. The second-order valence-electron chi connectivity index (χ2n) is 6.06. The molecule has 0 aliphatic carbocycles. The van der Waals surface area contributed by atoms with E-state index in [1.165, 1.54) is 7.11 Å². The van der Waals surface area contributed by atoms with E-state index in [0.717, 1.165) is 12.8 Å². The first-order chi connectivity index (χ1) is 13.2. The molecule has 1 saturated heterocycles. The highest BCUT2D eigenvalue weighted by molar-refractivity contribution is 5.91. The number of anilines is 1. The van der Waals surface area contributed by atoms with Crippen LogP contribution in [0.1, 0.15) is 19.8 Å². The standard InChI is InChI=1S/C19H24N4O4/c1-3-26-16-9-5-4-8-15(16)22-19(24)23-12-6-7-14(13-23)27-18-17(25-2)20-10-11-21-18/h4-5,8-11,14H,3,6-7,12-13H2,1-2H3,(H,22,24). The quantitative estimate of drug-likeness (QED) is 0.839. The average molecular weight is 372 g/mol. The molecule has 144 valence electrons. The molecule has 3 rings (SSSR count). The second kappa shape index (κ2) is 9.07. The first-order valence-corrected chi connectivity index (χ1v) is 9.00. The van der Waals surface area contributed by atoms with Crippen LogP contribution in [0.4, 0.5) is 10.5 Å². The number of benzene rings is 1. The van der Waals surface area contributed by atoms with Crippen LogP contribution >= 0.6 is 0 Å². The molecule has 1 N–H and O–H groups in total. The molecule has 0 radical (unpaired) electrons. The largest absolute Gasteiger partial charge is 0.492 e. The molecule has 1 unspecified atom stereocenters. The fraction of sp³-hybridized carbons (Fsp3) is 0.421. The number of hydrogen-bond acceptors (Lipinski definition) is 6. The van der Waals surface area contributed by atoms with Crippen molar-refractivity contribution >= 4 is 11.7 Å². The van der Waals surface area contributed by atoms with Crippen LogP contribution < -0.4 is 19.5 Å². The van der Waals surface area contributed by atoms with Gasteiger partial charge in [-0.1, -0.05) is 12.1 Å². The molecule has 0 bridgehead atoms. The number of nitrogens with zero attached hydrogens (tertiary/aromatic N) is 3. The molecule has 27 heavy (non-hydrogen) atoms. The van der Waals surface area contributed by atoms with Gasteiger partial charge in [-0.25, -0.2) is 14.8 Å². The van der Waals surface area contributed by atoms with Crippen molar-refractivity contribution in [2.45, 2.75) is 25.9 Å². The highest BCUT2D eigenvalue weighted by Gasteiger charge is 2.26. The molecule has 1 atom stereocenters. The number of amides is 2. The van der Waals surface area contributed by atoms with E-state index in [-0.39, 0.29) is 12.1 Å². The SMILES string of the molecule is CCOc1ccccc1NC(=O)N1CCCC(Oc2nccnc2OC)C1. The number of likely N-dealkylation sites (tertiary alicyclic amines) is 1. The Bertz CT molecular complexity index is 771. The van der Waals surface area contributed by atoms with Gasteiger partial charge in [0, 0.05) is 18.9 Å². The Hall–Kier alpha value is -3.03. The number of hydrogen-bond donors (Lipinski definition) is 1. The molecule has 1 fully saturated rings. The van der Waals surface area contributed by atoms with Gasteiger partial charge in [-0.05, 0) is 31.9 Å². The molecule has 8 heteroatoms. The van der Waals surface area contributed by atoms with Crippen molar-refractivity contribution in [3.63, 3.8) is 0 Å². The Balaban J connectivity index is 1.63. The zero-order chi connectivity index (χ0) is 19.1. The maximum atomic E-state index is 12.7. The van der Waals surface area contributed by atoms with Gasteiger partial charge < -0.3 is 24.4 Å². The maximum Gasteiger partial charge on any atom is 0.322 e. The van der Waals surface area contributed by atoms with Gasteiger partial charge in [0.2, 0.25) is 0 Å². The molecule has 1 aliphatic rings. The molecule has 1 aromatic heterocycles. The van der Waals surface area contributed by atoms with Crippen molar-refractivity contribution in [2.75, 3.05) is 32.1 Å². The minimum absolute atomic E-state index is 0.169. The van der Waals surface area contributed by atoms with E-state index in [0.29, 0.717) is 42.9 Å². The molecule has 2 amide bonds. The number of para-hydroxylation sites is 2. The van der Waals surface area contributed by atoms with Crippen LogP contribution in [0.15, 0.2) is 36.7 Å². The summed E-state index contributed by atoms with van der Waals surface area (Å²) in [6.07, 6.45) is 4.60. The Morgan fingerprint density at radius 1 is 1.26 bits per heavy atom. The van der Waals surface area contributed by atoms with Crippen LogP contribution in [0.2, 0.25) is 0 Å². The van der Waals surface area contributed by atoms with Crippen LogP contribution in [-0.4, -0.2) is 53.8 Å². The fourth-order valence-corrected chi connectivity index (χ4v) is 2.96. The predicted octanol–water partition coefficient (Wildman–Crippen LogP) is 2.96. The van der Waals surface area contributed by atoms with Gasteiger partial charge in [-0.2, -0.15) is 0 Å². The van der Waals surface area contributed by atoms with Crippen LogP contribution in [0.25, 0.3) is 0 Å². The normalized spacial score (nSPS) is 16.5. The molecule has 8 nitrogen and oxygen atoms in total. The predicted molar refractivity (Wildman–Crippen MR) is 100 cm³/mol. The lowest BCUT2D eigenvalue weighted by molar-refractivity contribution is 0.0988. The summed E-state index contributed by atoms with van der Waals surface area (Å²) in [7, 11) is 1.52. The van der Waals surface area contributed by atoms with Crippen molar-refractivity contribution in [1.29, 1.82) is 0 Å². The van der Waals surface area contributed by atoms with E-state index in [2.05, 4.69) is 15.3 Å². The van der Waals surface area contributed by atoms with Crippen LogP contribution in [0, 0.1) is 0 Å². The van der Waals surface area contributed by atoms with Gasteiger partial charge in [-0.3, -0.25) is 0 Å². The molecule has 1 aliphatic heterocycles. The molecule has 2 heterocycles. The second-order valence-corrected chi connectivity index (χ2v) is 6.06. The summed E-state index contributed by atoms with van der Waals surface area (Å²) >= 11 is 0. The van der Waals surface area contributed by atoms with Crippen molar-refractivity contribution < 1.29 is 19.0 Å². The number of ether oxygens (including phenoxy) is 3. The first-order valence-electron chi connectivity index (χ1n) is 9.00. The molecule has 0 saturated carbocycles. The summed E-state index contributed by atoms with van der Waals surface area (Å²) < 4.78 is 16.7. The number of urea groups is 1. The summed E-state index contributed by atoms with van der Waals surface area (Å²) in [5, 5.41) is 2.93. The fourth-order valence-electron chi connectivity index (χ4n) is 2.96. The Morgan fingerprint density at radius 2 is 2.04 bits per heavy atom. The van der Waals surface area contributed by atoms with Gasteiger partial charge in [0.05, 0.1) is 25.9 Å². The summed E-state index contributed by atoms with van der Waals surface area (Å²) in [6, 6.07) is 7.22. The van der Waals surface area contributed by atoms with Gasteiger partial charge >= 0.3 is 6.03 Å². The lowest BCUT2D eigenvalue weighted by atomic mass is 10.1. The van der Waals surface area contributed by atoms with E-state index in [4.69, 9.17) is 14.2 Å². The smallest absolute Gasteiger partial charge is 0.322 e. The van der Waals surface area contributed by atoms with Crippen molar-refractivity contribution in [3.8, 4) is 17.5 Å². The summed E-state index contributed by atoms with van der Waals surface area (Å²) in [4.78, 5) is 22.7. The number of piperidine rings is 1. The average Bonchev–Trinajstić information content (AvgIpc) is 2.70. The molecule has 2 aromatic rings. The van der Waals surface area contributed by atoms with E-state index >= 15 is 0 Å². The number of methoxy groups -OCH3 is 1. The van der Waals surface area contributed by atoms with Gasteiger partial charge in [0.15, 0.2) is 0 Å². The number of nitrogens with one attached hydrogen (secondary N) is 1. The highest BCUT2D eigenvalue weighted by Crippen LogP contribution is 2.26. The number of aromatic nitrogens is 2. The summed E-state index contributed by atoms with van der Waals surface area (Å²) in [6.45, 7) is 3.57. The Morgan fingerprint density at radius 3 is 2.81 bits per heavy atom. The van der Waals surface area contributed by atoms with E-state index in [9.17, 15) is 4.79 Å². The topological polar surface area (TPSA) is 85.8 Å². The molecular weight excluding hydrogens is 348 g/mol. The maximum absolute atomic E-state index is 12.7. The van der Waals surface area contributed by atoms with Crippen molar-refractivity contribution in [3.05, 3.63) is 36.7 Å². The first kappa shape index (κ1) is 18.8. The van der Waals surface area contributed by atoms with Crippen molar-refractivity contribution in [2.24, 2.45) is 0 Å². The third kappa shape index (κ3) is 4.78. The van der Waals surface area contributed by atoms with Crippen molar-refractivity contribution in [1.82, 2.24) is 14.9 Å². The van der Waals surface area contributed by atoms with E-state index in [1.807, 2.05) is 31.2 Å². The minimum Gasteiger partial charge on any atom is -0.492 e. The lowest BCUT2D eigenvalue weighted by Gasteiger charge is -2.32. The number of carbonyl (C=O) groups excluding carboxylic acids is 1. The summed E-state index contributed by atoms with van der Waals surface area (Å²) in [5.41, 5.74) is 0.656. The van der Waals surface area contributed by atoms with Crippen LogP contribution in [0.3, 0.4) is 0 Å². The van der Waals surface area contributed by atoms with Gasteiger partial charge in [0.1, 0.15) is 11.9 Å². The summed E-state index contributed by atoms with van der Waals surface area (Å²) in [5.74, 6) is 1.33.